The zero-order chi connectivity index (χ0) is 21.8. The van der Waals surface area contributed by atoms with Crippen LogP contribution in [0.15, 0.2) is 18.7 Å². The molecule has 0 aromatic heterocycles. The predicted molar refractivity (Wildman–Crippen MR) is 116 cm³/mol. The Hall–Kier alpha value is -2.21. The van der Waals surface area contributed by atoms with Crippen LogP contribution in [0.3, 0.4) is 0 Å². The van der Waals surface area contributed by atoms with Gasteiger partial charge in [-0.05, 0) is 64.2 Å². The van der Waals surface area contributed by atoms with Crippen LogP contribution >= 0.6 is 11.6 Å². The van der Waals surface area contributed by atoms with Gasteiger partial charge in [-0.1, -0.05) is 17.7 Å². The van der Waals surface area contributed by atoms with Crippen LogP contribution in [0, 0.1) is 6.92 Å². The zero-order valence-corrected chi connectivity index (χ0v) is 18.7. The number of halogens is 1. The molecule has 0 atom stereocenters. The molecule has 1 aliphatic heterocycles. The first-order chi connectivity index (χ1) is 13.6. The summed E-state index contributed by atoms with van der Waals surface area (Å²) in [6, 6.07) is 2.02. The molecule has 7 heteroatoms. The molecule has 1 saturated heterocycles. The number of carbonyl (C=O) groups is 2. The van der Waals surface area contributed by atoms with E-state index in [2.05, 4.69) is 11.9 Å². The maximum atomic E-state index is 12.4. The molecule has 0 spiro atoms. The Bertz CT molecular complexity index is 778. The molecule has 0 radical (unpaired) electrons. The van der Waals surface area contributed by atoms with Gasteiger partial charge in [-0.15, -0.1) is 6.58 Å². The second kappa shape index (κ2) is 9.53. The quantitative estimate of drug-likeness (QED) is 0.535. The molecule has 0 unspecified atom stereocenters. The van der Waals surface area contributed by atoms with Crippen molar-refractivity contribution < 1.29 is 19.1 Å². The Morgan fingerprint density at radius 3 is 2.48 bits per heavy atom. The summed E-state index contributed by atoms with van der Waals surface area (Å²) in [5.74, 6) is -0.412. The minimum atomic E-state index is -0.502. The molecule has 1 heterocycles. The summed E-state index contributed by atoms with van der Waals surface area (Å²) in [6.45, 7) is 12.4. The standard InChI is InChI=1S/C22H31ClN2O4/c1-7-8-16-17(23)13-18(14(2)19(16)20(26)28-6)24-15-9-11-25(12-10-15)21(27)29-22(3,4)5/h7,13,15,24H,1,8-12H2,2-6H3. The van der Waals surface area contributed by atoms with Gasteiger partial charge in [0.2, 0.25) is 0 Å². The highest BCUT2D eigenvalue weighted by molar-refractivity contribution is 6.32. The summed E-state index contributed by atoms with van der Waals surface area (Å²) in [4.78, 5) is 26.3. The van der Waals surface area contributed by atoms with E-state index < -0.39 is 11.6 Å². The molecular weight excluding hydrogens is 392 g/mol. The number of hydrogen-bond acceptors (Lipinski definition) is 5. The fraction of sp³-hybridized carbons (Fsp3) is 0.545. The number of benzene rings is 1. The van der Waals surface area contributed by atoms with Crippen LogP contribution in [0.5, 0.6) is 0 Å². The first kappa shape index (κ1) is 23.1. The number of nitrogens with zero attached hydrogens (tertiary/aromatic N) is 1. The molecule has 0 bridgehead atoms. The highest BCUT2D eigenvalue weighted by Gasteiger charge is 2.28. The molecule has 0 saturated carbocycles. The van der Waals surface area contributed by atoms with Crippen LogP contribution in [0.1, 0.15) is 55.1 Å². The minimum absolute atomic E-state index is 0.166. The number of ether oxygens (including phenoxy) is 2. The fourth-order valence-corrected chi connectivity index (χ4v) is 3.71. The molecule has 1 aromatic rings. The van der Waals surface area contributed by atoms with Gasteiger partial charge < -0.3 is 19.7 Å². The zero-order valence-electron chi connectivity index (χ0n) is 17.9. The molecule has 6 nitrogen and oxygen atoms in total. The van der Waals surface area contributed by atoms with Gasteiger partial charge in [0.05, 0.1) is 12.7 Å². The SMILES string of the molecule is C=CCc1c(Cl)cc(NC2CCN(C(=O)OC(C)(C)C)CC2)c(C)c1C(=O)OC. The smallest absolute Gasteiger partial charge is 0.410 e. The van der Waals surface area contributed by atoms with Gasteiger partial charge in [-0.2, -0.15) is 0 Å². The van der Waals surface area contributed by atoms with E-state index in [1.165, 1.54) is 7.11 Å². The summed E-state index contributed by atoms with van der Waals surface area (Å²) in [5, 5.41) is 3.99. The summed E-state index contributed by atoms with van der Waals surface area (Å²) in [6.07, 6.45) is 3.47. The largest absolute Gasteiger partial charge is 0.465 e. The summed E-state index contributed by atoms with van der Waals surface area (Å²) in [5.41, 5.74) is 2.30. The summed E-state index contributed by atoms with van der Waals surface area (Å²) >= 11 is 6.47. The van der Waals surface area contributed by atoms with Crippen molar-refractivity contribution in [1.29, 1.82) is 0 Å². The maximum absolute atomic E-state index is 12.4. The van der Waals surface area contributed by atoms with Crippen molar-refractivity contribution >= 4 is 29.4 Å². The van der Waals surface area contributed by atoms with E-state index in [4.69, 9.17) is 21.1 Å². The highest BCUT2D eigenvalue weighted by Crippen LogP contribution is 2.32. The maximum Gasteiger partial charge on any atom is 0.410 e. The van der Waals surface area contributed by atoms with Crippen molar-refractivity contribution in [3.8, 4) is 0 Å². The Balaban J connectivity index is 2.13. The van der Waals surface area contributed by atoms with Crippen LogP contribution in [-0.2, 0) is 15.9 Å². The number of nitrogens with one attached hydrogen (secondary N) is 1. The topological polar surface area (TPSA) is 67.9 Å². The second-order valence-corrected chi connectivity index (χ2v) is 8.66. The van der Waals surface area contributed by atoms with E-state index in [9.17, 15) is 9.59 Å². The number of esters is 1. The molecule has 0 aliphatic carbocycles. The molecule has 1 aliphatic rings. The Labute approximate surface area is 178 Å². The Morgan fingerprint density at radius 1 is 1.34 bits per heavy atom. The van der Waals surface area contributed by atoms with Crippen molar-refractivity contribution in [2.45, 2.75) is 58.6 Å². The molecule has 2 rings (SSSR count). The van der Waals surface area contributed by atoms with Gasteiger partial charge in [0.25, 0.3) is 0 Å². The van der Waals surface area contributed by atoms with E-state index >= 15 is 0 Å². The number of methoxy groups -OCH3 is 1. The minimum Gasteiger partial charge on any atom is -0.465 e. The lowest BCUT2D eigenvalue weighted by molar-refractivity contribution is 0.0210. The molecule has 1 fully saturated rings. The van der Waals surface area contributed by atoms with E-state index in [-0.39, 0.29) is 12.1 Å². The van der Waals surface area contributed by atoms with Crippen molar-refractivity contribution in [3.63, 3.8) is 0 Å². The molecular formula is C22H31ClN2O4. The highest BCUT2D eigenvalue weighted by atomic mass is 35.5. The van der Waals surface area contributed by atoms with Crippen LogP contribution in [0.25, 0.3) is 0 Å². The van der Waals surface area contributed by atoms with Crippen molar-refractivity contribution in [1.82, 2.24) is 4.90 Å². The van der Waals surface area contributed by atoms with Gasteiger partial charge in [0, 0.05) is 29.8 Å². The second-order valence-electron chi connectivity index (χ2n) is 8.25. The van der Waals surface area contributed by atoms with Crippen LogP contribution in [-0.4, -0.2) is 48.8 Å². The van der Waals surface area contributed by atoms with Gasteiger partial charge in [0.15, 0.2) is 0 Å². The average molecular weight is 423 g/mol. The number of piperidine rings is 1. The van der Waals surface area contributed by atoms with Crippen molar-refractivity contribution in [3.05, 3.63) is 40.4 Å². The van der Waals surface area contributed by atoms with E-state index in [1.54, 1.807) is 11.0 Å². The van der Waals surface area contributed by atoms with Gasteiger partial charge >= 0.3 is 12.1 Å². The van der Waals surface area contributed by atoms with Gasteiger partial charge in [-0.25, -0.2) is 9.59 Å². The third-order valence-electron chi connectivity index (χ3n) is 4.88. The molecule has 1 N–H and O–H groups in total. The number of carbonyl (C=O) groups excluding carboxylic acids is 2. The molecule has 29 heavy (non-hydrogen) atoms. The van der Waals surface area contributed by atoms with Crippen molar-refractivity contribution in [2.75, 3.05) is 25.5 Å². The summed E-state index contributed by atoms with van der Waals surface area (Å²) < 4.78 is 10.4. The number of hydrogen-bond donors (Lipinski definition) is 1. The monoisotopic (exact) mass is 422 g/mol. The Morgan fingerprint density at radius 2 is 1.97 bits per heavy atom. The Kier molecular flexibility index (Phi) is 7.58. The first-order valence-corrected chi connectivity index (χ1v) is 10.2. The molecule has 1 amide bonds. The van der Waals surface area contributed by atoms with Crippen molar-refractivity contribution in [2.24, 2.45) is 0 Å². The lowest BCUT2D eigenvalue weighted by Gasteiger charge is -2.34. The van der Waals surface area contributed by atoms with Gasteiger partial charge in [-0.3, -0.25) is 0 Å². The summed E-state index contributed by atoms with van der Waals surface area (Å²) in [7, 11) is 1.36. The fourth-order valence-electron chi connectivity index (χ4n) is 3.43. The first-order valence-electron chi connectivity index (χ1n) is 9.83. The van der Waals surface area contributed by atoms with Crippen LogP contribution < -0.4 is 5.32 Å². The van der Waals surface area contributed by atoms with Crippen LogP contribution in [0.4, 0.5) is 10.5 Å². The normalized spacial score (nSPS) is 15.0. The lowest BCUT2D eigenvalue weighted by atomic mass is 9.96. The number of amides is 1. The predicted octanol–water partition coefficient (Wildman–Crippen LogP) is 4.97. The third kappa shape index (κ3) is 5.89. The molecule has 1 aromatic carbocycles. The van der Waals surface area contributed by atoms with Crippen LogP contribution in [0.2, 0.25) is 5.02 Å². The molecule has 160 valence electrons. The number of likely N-dealkylation sites (tertiary alicyclic amines) is 1. The van der Waals surface area contributed by atoms with E-state index in [0.29, 0.717) is 30.1 Å². The van der Waals surface area contributed by atoms with Gasteiger partial charge in [0.1, 0.15) is 5.60 Å². The number of anilines is 1. The third-order valence-corrected chi connectivity index (χ3v) is 5.22. The number of allylic oxidation sites excluding steroid dienone is 1. The lowest BCUT2D eigenvalue weighted by Crippen LogP contribution is -2.44. The number of rotatable bonds is 5. The average Bonchev–Trinajstić information content (AvgIpc) is 2.64. The van der Waals surface area contributed by atoms with E-state index in [0.717, 1.165) is 29.7 Å². The van der Waals surface area contributed by atoms with E-state index in [1.807, 2.05) is 33.8 Å².